The molecular weight excluding hydrogens is 334 g/mol. The minimum atomic E-state index is 0.843. The van der Waals surface area contributed by atoms with Crippen molar-refractivity contribution in [3.05, 3.63) is 40.6 Å². The van der Waals surface area contributed by atoms with E-state index in [2.05, 4.69) is 57.2 Å². The van der Waals surface area contributed by atoms with Gasteiger partial charge in [-0.15, -0.1) is 0 Å². The minimum absolute atomic E-state index is 0.843. The number of hydrogen-bond donors (Lipinski definition) is 1. The van der Waals surface area contributed by atoms with E-state index in [0.717, 1.165) is 40.5 Å². The van der Waals surface area contributed by atoms with Gasteiger partial charge in [-0.05, 0) is 30.7 Å². The van der Waals surface area contributed by atoms with Crippen molar-refractivity contribution in [1.29, 1.82) is 0 Å². The lowest BCUT2D eigenvalue weighted by atomic mass is 10.4. The van der Waals surface area contributed by atoms with E-state index in [0.29, 0.717) is 0 Å². The van der Waals surface area contributed by atoms with Crippen molar-refractivity contribution >= 4 is 33.5 Å². The summed E-state index contributed by atoms with van der Waals surface area (Å²) in [5.41, 5.74) is 0. The summed E-state index contributed by atoms with van der Waals surface area (Å²) < 4.78 is 1.09. The predicted octanol–water partition coefficient (Wildman–Crippen LogP) is 4.77. The SMILES string of the molecule is CCCNc1cc(Sc2ccc(Br)cc2)nc(CC)n1. The zero-order chi connectivity index (χ0) is 14.4. The number of nitrogens with one attached hydrogen (secondary N) is 1. The van der Waals surface area contributed by atoms with Crippen LogP contribution in [0.2, 0.25) is 0 Å². The van der Waals surface area contributed by atoms with Crippen LogP contribution in [0.15, 0.2) is 44.7 Å². The van der Waals surface area contributed by atoms with E-state index in [1.54, 1.807) is 11.8 Å². The van der Waals surface area contributed by atoms with Crippen LogP contribution in [0.5, 0.6) is 0 Å². The molecular formula is C15H18BrN3S. The van der Waals surface area contributed by atoms with Crippen LogP contribution in [0, 0.1) is 0 Å². The van der Waals surface area contributed by atoms with Crippen LogP contribution in [0.3, 0.4) is 0 Å². The van der Waals surface area contributed by atoms with Gasteiger partial charge in [-0.3, -0.25) is 0 Å². The monoisotopic (exact) mass is 351 g/mol. The first-order valence-corrected chi connectivity index (χ1v) is 8.37. The highest BCUT2D eigenvalue weighted by molar-refractivity contribution is 9.10. The minimum Gasteiger partial charge on any atom is -0.370 e. The average molecular weight is 352 g/mol. The van der Waals surface area contributed by atoms with Gasteiger partial charge in [-0.1, -0.05) is 41.5 Å². The number of aryl methyl sites for hydroxylation is 1. The molecule has 0 aliphatic heterocycles. The molecule has 0 aliphatic carbocycles. The van der Waals surface area contributed by atoms with Crippen molar-refractivity contribution in [3.8, 4) is 0 Å². The Morgan fingerprint density at radius 1 is 1.15 bits per heavy atom. The third-order valence-electron chi connectivity index (χ3n) is 2.66. The lowest BCUT2D eigenvalue weighted by molar-refractivity contribution is 0.877. The van der Waals surface area contributed by atoms with Crippen molar-refractivity contribution < 1.29 is 0 Å². The fourth-order valence-electron chi connectivity index (χ4n) is 1.65. The summed E-state index contributed by atoms with van der Waals surface area (Å²) in [5, 5.41) is 4.32. The summed E-state index contributed by atoms with van der Waals surface area (Å²) in [5.74, 6) is 1.80. The van der Waals surface area contributed by atoms with E-state index in [4.69, 9.17) is 0 Å². The van der Waals surface area contributed by atoms with Gasteiger partial charge in [0.2, 0.25) is 0 Å². The lowest BCUT2D eigenvalue weighted by Crippen LogP contribution is -2.05. The average Bonchev–Trinajstić information content (AvgIpc) is 2.47. The number of anilines is 1. The first-order valence-electron chi connectivity index (χ1n) is 6.76. The fraction of sp³-hybridized carbons (Fsp3) is 0.333. The molecule has 0 saturated heterocycles. The number of hydrogen-bond acceptors (Lipinski definition) is 4. The molecule has 0 unspecified atom stereocenters. The standard InChI is InChI=1S/C15H18BrN3S/c1-3-9-17-14-10-15(19-13(4-2)18-14)20-12-7-5-11(16)6-8-12/h5-8,10H,3-4,9H2,1-2H3,(H,17,18,19). The summed E-state index contributed by atoms with van der Waals surface area (Å²) in [4.78, 5) is 10.3. The Hall–Kier alpha value is -1.07. The second-order valence-electron chi connectivity index (χ2n) is 4.34. The van der Waals surface area contributed by atoms with Gasteiger partial charge in [-0.2, -0.15) is 0 Å². The molecule has 1 aromatic heterocycles. The molecule has 1 N–H and O–H groups in total. The highest BCUT2D eigenvalue weighted by Gasteiger charge is 2.05. The third kappa shape index (κ3) is 4.49. The molecule has 2 rings (SSSR count). The van der Waals surface area contributed by atoms with Crippen LogP contribution in [-0.2, 0) is 6.42 Å². The van der Waals surface area contributed by atoms with Gasteiger partial charge < -0.3 is 5.32 Å². The topological polar surface area (TPSA) is 37.8 Å². The van der Waals surface area contributed by atoms with Gasteiger partial charge in [-0.25, -0.2) is 9.97 Å². The number of aromatic nitrogens is 2. The van der Waals surface area contributed by atoms with Crippen molar-refractivity contribution in [2.75, 3.05) is 11.9 Å². The molecule has 0 amide bonds. The smallest absolute Gasteiger partial charge is 0.131 e. The second-order valence-corrected chi connectivity index (χ2v) is 6.35. The molecule has 0 saturated carbocycles. The van der Waals surface area contributed by atoms with Gasteiger partial charge in [0.15, 0.2) is 0 Å². The van der Waals surface area contributed by atoms with E-state index in [1.807, 2.05) is 18.2 Å². The zero-order valence-corrected chi connectivity index (χ0v) is 14.1. The highest BCUT2D eigenvalue weighted by Crippen LogP contribution is 2.28. The molecule has 0 atom stereocenters. The Balaban J connectivity index is 2.19. The van der Waals surface area contributed by atoms with Crippen molar-refractivity contribution in [2.24, 2.45) is 0 Å². The molecule has 1 heterocycles. The molecule has 0 fully saturated rings. The molecule has 1 aromatic carbocycles. The second kappa shape index (κ2) is 7.64. The van der Waals surface area contributed by atoms with E-state index in [9.17, 15) is 0 Å². The molecule has 3 nitrogen and oxygen atoms in total. The normalized spacial score (nSPS) is 10.6. The Kier molecular flexibility index (Phi) is 5.86. The van der Waals surface area contributed by atoms with E-state index in [-0.39, 0.29) is 0 Å². The molecule has 0 aliphatic rings. The largest absolute Gasteiger partial charge is 0.370 e. The predicted molar refractivity (Wildman–Crippen MR) is 88.5 cm³/mol. The van der Waals surface area contributed by atoms with Crippen molar-refractivity contribution in [2.45, 2.75) is 36.6 Å². The Morgan fingerprint density at radius 2 is 1.90 bits per heavy atom. The molecule has 106 valence electrons. The van der Waals surface area contributed by atoms with Gasteiger partial charge in [0.25, 0.3) is 0 Å². The number of halogens is 1. The van der Waals surface area contributed by atoms with Crippen molar-refractivity contribution in [3.63, 3.8) is 0 Å². The van der Waals surface area contributed by atoms with E-state index >= 15 is 0 Å². The number of nitrogens with zero attached hydrogens (tertiary/aromatic N) is 2. The molecule has 0 radical (unpaired) electrons. The van der Waals surface area contributed by atoms with Gasteiger partial charge in [0.1, 0.15) is 16.7 Å². The fourth-order valence-corrected chi connectivity index (χ4v) is 2.75. The Morgan fingerprint density at radius 3 is 2.55 bits per heavy atom. The van der Waals surface area contributed by atoms with Gasteiger partial charge >= 0.3 is 0 Å². The van der Waals surface area contributed by atoms with E-state index in [1.165, 1.54) is 4.90 Å². The zero-order valence-electron chi connectivity index (χ0n) is 11.7. The first-order chi connectivity index (χ1) is 9.71. The summed E-state index contributed by atoms with van der Waals surface area (Å²) in [6.07, 6.45) is 1.93. The molecule has 0 bridgehead atoms. The summed E-state index contributed by atoms with van der Waals surface area (Å²) >= 11 is 5.11. The van der Waals surface area contributed by atoms with Crippen molar-refractivity contribution in [1.82, 2.24) is 9.97 Å². The maximum atomic E-state index is 4.58. The molecule has 2 aromatic rings. The molecule has 0 spiro atoms. The summed E-state index contributed by atoms with van der Waals surface area (Å²) in [6, 6.07) is 10.3. The Labute approximate surface area is 132 Å². The summed E-state index contributed by atoms with van der Waals surface area (Å²) in [6.45, 7) is 5.15. The summed E-state index contributed by atoms with van der Waals surface area (Å²) in [7, 11) is 0. The maximum Gasteiger partial charge on any atom is 0.131 e. The van der Waals surface area contributed by atoms with Crippen LogP contribution >= 0.6 is 27.7 Å². The van der Waals surface area contributed by atoms with Crippen LogP contribution in [0.4, 0.5) is 5.82 Å². The first kappa shape index (κ1) is 15.3. The maximum absolute atomic E-state index is 4.58. The number of benzene rings is 1. The van der Waals surface area contributed by atoms with Gasteiger partial charge in [0, 0.05) is 28.4 Å². The van der Waals surface area contributed by atoms with E-state index < -0.39 is 0 Å². The lowest BCUT2D eigenvalue weighted by Gasteiger charge is -2.08. The van der Waals surface area contributed by atoms with Crippen LogP contribution in [0.1, 0.15) is 26.1 Å². The van der Waals surface area contributed by atoms with Crippen LogP contribution in [0.25, 0.3) is 0 Å². The van der Waals surface area contributed by atoms with Crippen LogP contribution < -0.4 is 5.32 Å². The van der Waals surface area contributed by atoms with Gasteiger partial charge in [0.05, 0.1) is 0 Å². The Bertz CT molecular complexity index is 558. The quantitative estimate of drug-likeness (QED) is 0.760. The number of rotatable bonds is 6. The van der Waals surface area contributed by atoms with Crippen LogP contribution in [-0.4, -0.2) is 16.5 Å². The molecule has 20 heavy (non-hydrogen) atoms. The highest BCUT2D eigenvalue weighted by atomic mass is 79.9. The third-order valence-corrected chi connectivity index (χ3v) is 4.11. The molecule has 5 heteroatoms.